The predicted octanol–water partition coefficient (Wildman–Crippen LogP) is 1.73. The molecule has 0 aliphatic carbocycles. The molecule has 1 fully saturated rings. The summed E-state index contributed by atoms with van der Waals surface area (Å²) in [6, 6.07) is 3.79. The summed E-state index contributed by atoms with van der Waals surface area (Å²) in [7, 11) is 0. The first-order chi connectivity index (χ1) is 14.5. The molecule has 4 rings (SSSR count). The summed E-state index contributed by atoms with van der Waals surface area (Å²) in [5, 5.41) is 9.57. The van der Waals surface area contributed by atoms with Crippen LogP contribution in [0.15, 0.2) is 17.5 Å². The number of hydrogen-bond acceptors (Lipinski definition) is 9. The Kier molecular flexibility index (Phi) is 6.22. The molecule has 3 aromatic rings. The van der Waals surface area contributed by atoms with Crippen LogP contribution < -0.4 is 15.8 Å². The fourth-order valence-electron chi connectivity index (χ4n) is 2.91. The summed E-state index contributed by atoms with van der Waals surface area (Å²) in [6.45, 7) is 4.45. The van der Waals surface area contributed by atoms with Crippen LogP contribution in [0.25, 0.3) is 10.7 Å². The molecule has 0 atom stereocenters. The minimum atomic E-state index is -0.422. The van der Waals surface area contributed by atoms with E-state index in [0.29, 0.717) is 34.4 Å². The van der Waals surface area contributed by atoms with Crippen molar-refractivity contribution in [2.24, 2.45) is 0 Å². The van der Waals surface area contributed by atoms with Crippen LogP contribution in [0, 0.1) is 11.7 Å². The Hall–Kier alpha value is -2.61. The molecular weight excluding hydrogens is 446 g/mol. The average molecular weight is 466 g/mol. The number of anilines is 1. The largest absolute Gasteiger partial charge is 0.378 e. The Bertz CT molecular complexity index is 1100. The summed E-state index contributed by atoms with van der Waals surface area (Å²) in [6.07, 6.45) is 0. The first kappa shape index (κ1) is 20.7. The number of carbonyl (C=O) groups excluding carboxylic acids is 2. The molecule has 0 radical (unpaired) electrons. The Morgan fingerprint density at radius 1 is 1.33 bits per heavy atom. The molecule has 0 unspecified atom stereocenters. The first-order valence-electron chi connectivity index (χ1n) is 9.11. The van der Waals surface area contributed by atoms with Crippen LogP contribution in [0.5, 0.6) is 0 Å². The lowest BCUT2D eigenvalue weighted by Gasteiger charge is -2.25. The van der Waals surface area contributed by atoms with Gasteiger partial charge in [0.2, 0.25) is 0 Å². The van der Waals surface area contributed by atoms with Crippen LogP contribution in [0.2, 0.25) is 0 Å². The monoisotopic (exact) mass is 465 g/mol. The number of H-pyrrole nitrogens is 1. The van der Waals surface area contributed by atoms with Gasteiger partial charge in [0, 0.05) is 13.1 Å². The summed E-state index contributed by atoms with van der Waals surface area (Å²) in [4.78, 5) is 32.8. The van der Waals surface area contributed by atoms with Crippen molar-refractivity contribution in [3.8, 4) is 10.7 Å². The molecule has 13 heteroatoms. The molecule has 3 aromatic heterocycles. The highest BCUT2D eigenvalue weighted by atomic mass is 32.1. The Balaban J connectivity index is 1.38. The van der Waals surface area contributed by atoms with E-state index in [9.17, 15) is 9.59 Å². The molecule has 3 N–H and O–H groups in total. The van der Waals surface area contributed by atoms with Crippen molar-refractivity contribution < 1.29 is 14.3 Å². The van der Waals surface area contributed by atoms with Crippen molar-refractivity contribution in [2.75, 3.05) is 31.2 Å². The number of aromatic amines is 1. The zero-order valence-corrected chi connectivity index (χ0v) is 18.5. The number of amides is 2. The van der Waals surface area contributed by atoms with Crippen LogP contribution in [0.3, 0.4) is 0 Å². The normalized spacial score (nSPS) is 14.0. The third kappa shape index (κ3) is 4.43. The molecule has 10 nitrogen and oxygen atoms in total. The smallest absolute Gasteiger partial charge is 0.281 e. The van der Waals surface area contributed by atoms with Gasteiger partial charge in [-0.05, 0) is 30.6 Å². The van der Waals surface area contributed by atoms with Gasteiger partial charge in [-0.15, -0.1) is 11.3 Å². The number of hydrogen-bond donors (Lipinski definition) is 3. The van der Waals surface area contributed by atoms with Gasteiger partial charge in [-0.3, -0.25) is 30.1 Å². The number of aromatic nitrogens is 4. The molecule has 158 valence electrons. The Morgan fingerprint density at radius 2 is 2.13 bits per heavy atom. The standard InChI is InChI=1S/C17H19N7O3S3/c1-10-13(30-17(18-10)23-4-6-27-7-5-23)15(26)21-19-12(25)9-24-14(20-22-16(24)28)11-3-2-8-29-11/h2-3,8H,4-7,9H2,1H3,(H,19,25)(H,21,26)(H,22,28). The van der Waals surface area contributed by atoms with E-state index in [4.69, 9.17) is 17.0 Å². The molecule has 0 spiro atoms. The number of ether oxygens (including phenoxy) is 1. The molecule has 1 aliphatic rings. The Labute approximate surface area is 184 Å². The third-order valence-corrected chi connectivity index (χ3v) is 6.78. The van der Waals surface area contributed by atoms with E-state index in [0.717, 1.165) is 23.1 Å². The number of aryl methyl sites for hydroxylation is 1. The zero-order valence-electron chi connectivity index (χ0n) is 16.0. The predicted molar refractivity (Wildman–Crippen MR) is 116 cm³/mol. The van der Waals surface area contributed by atoms with Gasteiger partial charge >= 0.3 is 0 Å². The van der Waals surface area contributed by atoms with Gasteiger partial charge < -0.3 is 9.64 Å². The zero-order chi connectivity index (χ0) is 21.1. The van der Waals surface area contributed by atoms with E-state index in [-0.39, 0.29) is 6.54 Å². The molecule has 0 bridgehead atoms. The number of thiophene rings is 1. The first-order valence-corrected chi connectivity index (χ1v) is 11.2. The fourth-order valence-corrected chi connectivity index (χ4v) is 4.84. The summed E-state index contributed by atoms with van der Waals surface area (Å²) < 4.78 is 7.25. The van der Waals surface area contributed by atoms with E-state index < -0.39 is 11.8 Å². The topological polar surface area (TPSA) is 117 Å². The third-order valence-electron chi connectivity index (χ3n) is 4.39. The van der Waals surface area contributed by atoms with Crippen LogP contribution in [-0.4, -0.2) is 57.9 Å². The van der Waals surface area contributed by atoms with E-state index in [1.54, 1.807) is 11.5 Å². The van der Waals surface area contributed by atoms with Crippen molar-refractivity contribution in [1.82, 2.24) is 30.6 Å². The lowest BCUT2D eigenvalue weighted by atomic mass is 10.4. The molecule has 2 amide bonds. The SMILES string of the molecule is Cc1nc(N2CCOCC2)sc1C(=O)NNC(=O)Cn1c(-c2cccs2)n[nH]c1=S. The highest BCUT2D eigenvalue weighted by Crippen LogP contribution is 2.26. The van der Waals surface area contributed by atoms with Crippen molar-refractivity contribution in [3.63, 3.8) is 0 Å². The highest BCUT2D eigenvalue weighted by Gasteiger charge is 2.21. The number of nitrogens with one attached hydrogen (secondary N) is 3. The molecule has 4 heterocycles. The van der Waals surface area contributed by atoms with Crippen LogP contribution in [0.1, 0.15) is 15.4 Å². The maximum Gasteiger partial charge on any atom is 0.281 e. The number of morpholine rings is 1. The van der Waals surface area contributed by atoms with Crippen molar-refractivity contribution >= 4 is 51.8 Å². The van der Waals surface area contributed by atoms with Gasteiger partial charge in [-0.2, -0.15) is 5.10 Å². The van der Waals surface area contributed by atoms with Gasteiger partial charge in [0.15, 0.2) is 15.7 Å². The second-order valence-electron chi connectivity index (χ2n) is 6.43. The number of thiazole rings is 1. The van der Waals surface area contributed by atoms with E-state index in [2.05, 4.69) is 30.9 Å². The van der Waals surface area contributed by atoms with Gasteiger partial charge in [-0.1, -0.05) is 17.4 Å². The maximum absolute atomic E-state index is 12.5. The second kappa shape index (κ2) is 9.04. The number of nitrogens with zero attached hydrogens (tertiary/aromatic N) is 4. The molecule has 30 heavy (non-hydrogen) atoms. The minimum absolute atomic E-state index is 0.0798. The quantitative estimate of drug-likeness (QED) is 0.388. The van der Waals surface area contributed by atoms with Gasteiger partial charge in [-0.25, -0.2) is 4.98 Å². The van der Waals surface area contributed by atoms with E-state index in [1.807, 2.05) is 17.5 Å². The summed E-state index contributed by atoms with van der Waals surface area (Å²) in [5.41, 5.74) is 5.51. The molecule has 0 saturated carbocycles. The lowest BCUT2D eigenvalue weighted by Crippen LogP contribution is -2.43. The van der Waals surface area contributed by atoms with Crippen molar-refractivity contribution in [2.45, 2.75) is 13.5 Å². The number of carbonyl (C=O) groups is 2. The van der Waals surface area contributed by atoms with Crippen molar-refractivity contribution in [1.29, 1.82) is 0 Å². The van der Waals surface area contributed by atoms with Gasteiger partial charge in [0.25, 0.3) is 11.8 Å². The number of rotatable bonds is 5. The van der Waals surface area contributed by atoms with E-state index >= 15 is 0 Å². The lowest BCUT2D eigenvalue weighted by molar-refractivity contribution is -0.122. The molecule has 1 aliphatic heterocycles. The molecule has 1 saturated heterocycles. The van der Waals surface area contributed by atoms with Crippen LogP contribution >= 0.6 is 34.9 Å². The Morgan fingerprint density at radius 3 is 2.87 bits per heavy atom. The van der Waals surface area contributed by atoms with Crippen molar-refractivity contribution in [3.05, 3.63) is 32.9 Å². The summed E-state index contributed by atoms with van der Waals surface area (Å²) >= 11 is 8.01. The average Bonchev–Trinajstić information content (AvgIpc) is 3.48. The van der Waals surface area contributed by atoms with Crippen LogP contribution in [0.4, 0.5) is 5.13 Å². The van der Waals surface area contributed by atoms with Gasteiger partial charge in [0.05, 0.1) is 23.8 Å². The highest BCUT2D eigenvalue weighted by molar-refractivity contribution is 7.71. The minimum Gasteiger partial charge on any atom is -0.378 e. The fraction of sp³-hybridized carbons (Fsp3) is 0.353. The van der Waals surface area contributed by atoms with Crippen LogP contribution in [-0.2, 0) is 16.1 Å². The van der Waals surface area contributed by atoms with E-state index in [1.165, 1.54) is 22.7 Å². The summed E-state index contributed by atoms with van der Waals surface area (Å²) in [5.74, 6) is -0.258. The second-order valence-corrected chi connectivity index (χ2v) is 8.74. The molecule has 0 aromatic carbocycles. The van der Waals surface area contributed by atoms with Gasteiger partial charge in [0.1, 0.15) is 11.4 Å². The molecular formula is C17H19N7O3S3. The number of hydrazine groups is 1. The maximum atomic E-state index is 12.5.